The maximum absolute atomic E-state index is 12.9. The fourth-order valence-electron chi connectivity index (χ4n) is 6.36. The minimum absolute atomic E-state index is 0.00480. The van der Waals surface area contributed by atoms with Crippen LogP contribution in [0.3, 0.4) is 0 Å². The number of hydrogen-bond acceptors (Lipinski definition) is 5. The molecule has 0 aromatic carbocycles. The first-order valence-corrected chi connectivity index (χ1v) is 9.65. The molecule has 4 fully saturated rings. The largest absolute Gasteiger partial charge is 0.457 e. The molecule has 2 aliphatic heterocycles. The fraction of sp³-hybridized carbons (Fsp3) is 0.950. The zero-order chi connectivity index (χ0) is 18.6. The van der Waals surface area contributed by atoms with Gasteiger partial charge < -0.3 is 19.3 Å². The van der Waals surface area contributed by atoms with Crippen molar-refractivity contribution in [2.24, 2.45) is 29.1 Å². The molecule has 0 aromatic rings. The second kappa shape index (κ2) is 4.79. The molecule has 2 saturated carbocycles. The van der Waals surface area contributed by atoms with Crippen molar-refractivity contribution in [1.82, 2.24) is 0 Å². The van der Waals surface area contributed by atoms with Crippen LogP contribution in [0.1, 0.15) is 61.3 Å². The van der Waals surface area contributed by atoms with Crippen molar-refractivity contribution in [2.75, 3.05) is 0 Å². The van der Waals surface area contributed by atoms with Gasteiger partial charge in [0.15, 0.2) is 17.0 Å². The van der Waals surface area contributed by atoms with Gasteiger partial charge in [0, 0.05) is 5.92 Å². The molecule has 5 heteroatoms. The van der Waals surface area contributed by atoms with Crippen molar-refractivity contribution >= 4 is 5.97 Å². The van der Waals surface area contributed by atoms with Gasteiger partial charge in [0.1, 0.15) is 6.10 Å². The zero-order valence-electron chi connectivity index (χ0n) is 16.5. The molecule has 4 aliphatic rings. The van der Waals surface area contributed by atoms with Gasteiger partial charge in [0.2, 0.25) is 0 Å². The third kappa shape index (κ3) is 2.03. The SMILES string of the molecule is C[C@@H]1[C@@H]2[C@H](C[C@@H]1C)C(C)(C)C[C@@H]1OC(C)(C)O[C@]3(C)C(=O)O[C@@H]2[C@]13O. The first-order valence-electron chi connectivity index (χ1n) is 9.65. The normalized spacial score (nSPS) is 55.9. The van der Waals surface area contributed by atoms with Gasteiger partial charge in [0.25, 0.3) is 0 Å². The number of aliphatic hydroxyl groups is 1. The van der Waals surface area contributed by atoms with Crippen LogP contribution in [0.2, 0.25) is 0 Å². The van der Waals surface area contributed by atoms with Crippen molar-refractivity contribution < 1.29 is 24.1 Å². The minimum Gasteiger partial charge on any atom is -0.457 e. The van der Waals surface area contributed by atoms with Crippen molar-refractivity contribution in [3.63, 3.8) is 0 Å². The number of rotatable bonds is 0. The smallest absolute Gasteiger partial charge is 0.341 e. The Morgan fingerprint density at radius 1 is 1.12 bits per heavy atom. The topological polar surface area (TPSA) is 65.0 Å². The number of fused-ring (bicyclic) bond motifs is 2. The Labute approximate surface area is 150 Å². The summed E-state index contributed by atoms with van der Waals surface area (Å²) in [6.07, 6.45) is 0.731. The summed E-state index contributed by atoms with van der Waals surface area (Å²) in [6.45, 7) is 14.3. The molecule has 4 rings (SSSR count). The van der Waals surface area contributed by atoms with Gasteiger partial charge in [-0.05, 0) is 56.8 Å². The molecule has 25 heavy (non-hydrogen) atoms. The Kier molecular flexibility index (Phi) is 3.40. The lowest BCUT2D eigenvalue weighted by Gasteiger charge is -2.53. The van der Waals surface area contributed by atoms with Crippen LogP contribution in [0.5, 0.6) is 0 Å². The molecular formula is C20H32O5. The predicted molar refractivity (Wildman–Crippen MR) is 91.6 cm³/mol. The highest BCUT2D eigenvalue weighted by Gasteiger charge is 2.78. The number of ether oxygens (including phenoxy) is 3. The molecule has 0 radical (unpaired) electrons. The monoisotopic (exact) mass is 352 g/mol. The lowest BCUT2D eigenvalue weighted by Crippen LogP contribution is -2.72. The van der Waals surface area contributed by atoms with Gasteiger partial charge in [-0.3, -0.25) is 0 Å². The average molecular weight is 352 g/mol. The fourth-order valence-corrected chi connectivity index (χ4v) is 6.36. The van der Waals surface area contributed by atoms with Crippen LogP contribution >= 0.6 is 0 Å². The summed E-state index contributed by atoms with van der Waals surface area (Å²) in [7, 11) is 0. The molecule has 0 spiro atoms. The number of hydrogen-bond donors (Lipinski definition) is 1. The van der Waals surface area contributed by atoms with E-state index in [-0.39, 0.29) is 11.3 Å². The van der Waals surface area contributed by atoms with Crippen LogP contribution in [-0.2, 0) is 19.0 Å². The van der Waals surface area contributed by atoms with Gasteiger partial charge in [-0.15, -0.1) is 0 Å². The van der Waals surface area contributed by atoms with Crippen LogP contribution in [0.4, 0.5) is 0 Å². The molecule has 2 heterocycles. The molecule has 8 atom stereocenters. The standard InChI is InChI=1S/C20H32O5/c1-10-8-12-14(11(10)2)15-20(22)13(9-17(12,3)4)24-18(5,6)25-19(20,7)16(21)23-15/h10-15,22H,8-9H2,1-7H3/t10-,11-,12-,13-,14+,15-,19+,20+/m0/s1. The molecule has 0 amide bonds. The van der Waals surface area contributed by atoms with E-state index in [1.165, 1.54) is 0 Å². The van der Waals surface area contributed by atoms with Crippen molar-refractivity contribution in [3.8, 4) is 0 Å². The highest BCUT2D eigenvalue weighted by Crippen LogP contribution is 2.63. The summed E-state index contributed by atoms with van der Waals surface area (Å²) in [5, 5.41) is 11.9. The second-order valence-electron chi connectivity index (χ2n) is 10.2. The average Bonchev–Trinajstić information content (AvgIpc) is 2.83. The van der Waals surface area contributed by atoms with Crippen LogP contribution < -0.4 is 0 Å². The third-order valence-corrected chi connectivity index (χ3v) is 7.85. The van der Waals surface area contributed by atoms with E-state index in [4.69, 9.17) is 14.2 Å². The van der Waals surface area contributed by atoms with E-state index >= 15 is 0 Å². The van der Waals surface area contributed by atoms with E-state index < -0.39 is 35.2 Å². The van der Waals surface area contributed by atoms with E-state index in [1.807, 2.05) is 13.8 Å². The molecule has 5 nitrogen and oxygen atoms in total. The summed E-state index contributed by atoms with van der Waals surface area (Å²) in [5.74, 6) is 0.0438. The number of esters is 1. The summed E-state index contributed by atoms with van der Waals surface area (Å²) >= 11 is 0. The minimum atomic E-state index is -1.45. The third-order valence-electron chi connectivity index (χ3n) is 7.85. The van der Waals surface area contributed by atoms with E-state index in [1.54, 1.807) is 6.92 Å². The highest BCUT2D eigenvalue weighted by atomic mass is 16.8. The van der Waals surface area contributed by atoms with Gasteiger partial charge in [-0.2, -0.15) is 0 Å². The van der Waals surface area contributed by atoms with Gasteiger partial charge >= 0.3 is 5.97 Å². The van der Waals surface area contributed by atoms with Gasteiger partial charge in [-0.25, -0.2) is 4.79 Å². The van der Waals surface area contributed by atoms with Gasteiger partial charge in [-0.1, -0.05) is 27.7 Å². The molecule has 142 valence electrons. The van der Waals surface area contributed by atoms with Crippen molar-refractivity contribution in [1.29, 1.82) is 0 Å². The van der Waals surface area contributed by atoms with Crippen LogP contribution in [-0.4, -0.2) is 40.3 Å². The first-order chi connectivity index (χ1) is 11.3. The zero-order valence-corrected chi connectivity index (χ0v) is 16.5. The summed E-state index contributed by atoms with van der Waals surface area (Å²) in [6, 6.07) is 0. The lowest BCUT2D eigenvalue weighted by molar-refractivity contribution is -0.383. The highest BCUT2D eigenvalue weighted by molar-refractivity contribution is 5.84. The summed E-state index contributed by atoms with van der Waals surface area (Å²) in [5.41, 5.74) is -2.84. The second-order valence-corrected chi connectivity index (χ2v) is 10.2. The maximum Gasteiger partial charge on any atom is 0.341 e. The van der Waals surface area contributed by atoms with Crippen LogP contribution in [0.15, 0.2) is 0 Å². The van der Waals surface area contributed by atoms with E-state index in [9.17, 15) is 9.90 Å². The Balaban J connectivity index is 1.90. The molecule has 0 unspecified atom stereocenters. The number of carbonyl (C=O) groups excluding carboxylic acids is 1. The van der Waals surface area contributed by atoms with Crippen LogP contribution in [0.25, 0.3) is 0 Å². The predicted octanol–water partition coefficient (Wildman–Crippen LogP) is 2.89. The molecule has 2 saturated heterocycles. The van der Waals surface area contributed by atoms with E-state index in [0.717, 1.165) is 6.42 Å². The van der Waals surface area contributed by atoms with E-state index in [2.05, 4.69) is 27.7 Å². The number of carbonyl (C=O) groups is 1. The quantitative estimate of drug-likeness (QED) is 0.679. The Morgan fingerprint density at radius 3 is 2.40 bits per heavy atom. The first kappa shape index (κ1) is 17.7. The molecule has 0 bridgehead atoms. The molecule has 0 aromatic heterocycles. The van der Waals surface area contributed by atoms with Gasteiger partial charge in [0.05, 0.1) is 6.10 Å². The molecule has 2 aliphatic carbocycles. The Morgan fingerprint density at radius 2 is 1.76 bits per heavy atom. The van der Waals surface area contributed by atoms with E-state index in [0.29, 0.717) is 24.2 Å². The molecular weight excluding hydrogens is 320 g/mol. The van der Waals surface area contributed by atoms with Crippen LogP contribution in [0, 0.1) is 29.1 Å². The maximum atomic E-state index is 12.9. The van der Waals surface area contributed by atoms with Crippen molar-refractivity contribution in [3.05, 3.63) is 0 Å². The summed E-state index contributed by atoms with van der Waals surface area (Å²) in [4.78, 5) is 12.9. The lowest BCUT2D eigenvalue weighted by atomic mass is 9.70. The summed E-state index contributed by atoms with van der Waals surface area (Å²) < 4.78 is 18.1. The van der Waals surface area contributed by atoms with Crippen molar-refractivity contribution in [2.45, 2.75) is 90.5 Å². The Hall–Kier alpha value is -0.650. The Bertz CT molecular complexity index is 613. The molecule has 1 N–H and O–H groups in total.